The van der Waals surface area contributed by atoms with Crippen LogP contribution in [-0.4, -0.2) is 24.3 Å². The lowest BCUT2D eigenvalue weighted by Crippen LogP contribution is -2.39. The molecule has 0 aromatic heterocycles. The van der Waals surface area contributed by atoms with E-state index in [1.807, 2.05) is 66.7 Å². The maximum absolute atomic E-state index is 13.0. The Morgan fingerprint density at radius 3 is 2.71 bits per heavy atom. The molecule has 154 valence electrons. The first-order valence-corrected chi connectivity index (χ1v) is 10.2. The highest BCUT2D eigenvalue weighted by Crippen LogP contribution is 2.33. The van der Waals surface area contributed by atoms with E-state index in [9.17, 15) is 4.79 Å². The monoisotopic (exact) mass is 411 g/mol. The first-order chi connectivity index (χ1) is 15.3. The lowest BCUT2D eigenvalue weighted by atomic mass is 9.93. The van der Waals surface area contributed by atoms with Crippen molar-refractivity contribution in [3.63, 3.8) is 0 Å². The minimum absolute atomic E-state index is 0.225. The summed E-state index contributed by atoms with van der Waals surface area (Å²) < 4.78 is 16.4. The number of fused-ring (bicyclic) bond motifs is 2. The highest BCUT2D eigenvalue weighted by Gasteiger charge is 2.30. The highest BCUT2D eigenvalue weighted by atomic mass is 16.7. The fraction of sp³-hybridized carbons (Fsp3) is 0.192. The van der Waals surface area contributed by atoms with E-state index in [2.05, 4.69) is 17.9 Å². The second-order valence-electron chi connectivity index (χ2n) is 7.42. The largest absolute Gasteiger partial charge is 0.454 e. The van der Waals surface area contributed by atoms with Gasteiger partial charge in [-0.2, -0.15) is 0 Å². The van der Waals surface area contributed by atoms with E-state index in [1.54, 1.807) is 4.90 Å². The molecule has 0 aliphatic carbocycles. The molecule has 0 bridgehead atoms. The number of hydrogen-bond donors (Lipinski definition) is 0. The van der Waals surface area contributed by atoms with Crippen LogP contribution in [0.2, 0.25) is 0 Å². The van der Waals surface area contributed by atoms with Gasteiger partial charge in [0, 0.05) is 12.1 Å². The number of carbonyl (C=O) groups excluding carboxylic acids is 1. The van der Waals surface area contributed by atoms with Crippen LogP contribution in [0.1, 0.15) is 28.3 Å². The molecule has 31 heavy (non-hydrogen) atoms. The number of nitrogens with zero attached hydrogens (tertiary/aromatic N) is 1. The van der Waals surface area contributed by atoms with Crippen molar-refractivity contribution in [2.24, 2.45) is 0 Å². The van der Waals surface area contributed by atoms with Gasteiger partial charge in [-0.3, -0.25) is 4.90 Å². The molecule has 1 atom stereocenters. The lowest BCUT2D eigenvalue weighted by Gasteiger charge is -2.33. The van der Waals surface area contributed by atoms with Crippen molar-refractivity contribution in [1.29, 1.82) is 0 Å². The van der Waals surface area contributed by atoms with Crippen LogP contribution in [0.15, 0.2) is 72.8 Å². The zero-order chi connectivity index (χ0) is 21.0. The number of carbonyl (C=O) groups is 1. The molecule has 2 aliphatic heterocycles. The maximum Gasteiger partial charge on any atom is 0.411 e. The molecule has 2 heterocycles. The van der Waals surface area contributed by atoms with Crippen LogP contribution >= 0.6 is 0 Å². The Morgan fingerprint density at radius 2 is 1.81 bits per heavy atom. The fourth-order valence-corrected chi connectivity index (χ4v) is 3.85. The molecule has 3 aromatic rings. The summed E-state index contributed by atoms with van der Waals surface area (Å²) in [6.07, 6.45) is 0.419. The first kappa shape index (κ1) is 19.1. The highest BCUT2D eigenvalue weighted by molar-refractivity contribution is 5.70. The summed E-state index contributed by atoms with van der Waals surface area (Å²) in [5.41, 5.74) is 4.01. The molecule has 5 heteroatoms. The predicted octanol–water partition coefficient (Wildman–Crippen LogP) is 4.70. The second kappa shape index (κ2) is 8.45. The Kier molecular flexibility index (Phi) is 5.20. The van der Waals surface area contributed by atoms with Gasteiger partial charge in [-0.05, 0) is 41.3 Å². The average molecular weight is 411 g/mol. The van der Waals surface area contributed by atoms with Crippen molar-refractivity contribution >= 4 is 6.09 Å². The lowest BCUT2D eigenvalue weighted by molar-refractivity contribution is 0.0862. The summed E-state index contributed by atoms with van der Waals surface area (Å²) in [5.74, 6) is 7.91. The molecular formula is C26H21NO4. The van der Waals surface area contributed by atoms with E-state index in [0.29, 0.717) is 12.3 Å². The third kappa shape index (κ3) is 4.06. The zero-order valence-corrected chi connectivity index (χ0v) is 16.9. The molecule has 1 amide bonds. The first-order valence-electron chi connectivity index (χ1n) is 10.2. The van der Waals surface area contributed by atoms with Gasteiger partial charge in [0.15, 0.2) is 11.5 Å². The molecule has 0 saturated heterocycles. The number of ether oxygens (including phenoxy) is 3. The Hall–Kier alpha value is -3.91. The van der Waals surface area contributed by atoms with Gasteiger partial charge in [0.2, 0.25) is 6.79 Å². The van der Waals surface area contributed by atoms with Crippen LogP contribution in [0, 0.1) is 11.8 Å². The second-order valence-corrected chi connectivity index (χ2v) is 7.42. The SMILES string of the molecule is O=C(OCc1ccccc1)N1CCc2ccccc2C1C#Cc1ccc2c(c1)OCO2. The summed E-state index contributed by atoms with van der Waals surface area (Å²) in [4.78, 5) is 14.7. The van der Waals surface area contributed by atoms with Gasteiger partial charge in [-0.1, -0.05) is 66.4 Å². The van der Waals surface area contributed by atoms with Crippen molar-refractivity contribution in [2.75, 3.05) is 13.3 Å². The number of rotatable bonds is 2. The van der Waals surface area contributed by atoms with Gasteiger partial charge < -0.3 is 14.2 Å². The Labute approximate surface area is 181 Å². The van der Waals surface area contributed by atoms with E-state index >= 15 is 0 Å². The summed E-state index contributed by atoms with van der Waals surface area (Å²) >= 11 is 0. The van der Waals surface area contributed by atoms with Gasteiger partial charge >= 0.3 is 6.09 Å². The van der Waals surface area contributed by atoms with Crippen molar-refractivity contribution in [3.8, 4) is 23.3 Å². The standard InChI is InChI=1S/C26H21NO4/c28-26(29-17-20-6-2-1-3-7-20)27-15-14-21-8-4-5-9-22(21)23(27)12-10-19-11-13-24-25(16-19)31-18-30-24/h1-9,11,13,16,23H,14-15,17-18H2. The van der Waals surface area contributed by atoms with E-state index in [4.69, 9.17) is 14.2 Å². The molecule has 0 saturated carbocycles. The van der Waals surface area contributed by atoms with Crippen LogP contribution in [0.25, 0.3) is 0 Å². The molecule has 2 aliphatic rings. The van der Waals surface area contributed by atoms with E-state index < -0.39 is 0 Å². The molecule has 0 fully saturated rings. The van der Waals surface area contributed by atoms with E-state index in [1.165, 1.54) is 5.56 Å². The Bertz CT molecular complexity index is 1160. The third-order valence-corrected chi connectivity index (χ3v) is 5.45. The van der Waals surface area contributed by atoms with Gasteiger partial charge in [-0.25, -0.2) is 4.79 Å². The molecule has 0 radical (unpaired) electrons. The summed E-state index contributed by atoms with van der Waals surface area (Å²) in [7, 11) is 0. The molecule has 0 N–H and O–H groups in total. The Balaban J connectivity index is 1.41. The zero-order valence-electron chi connectivity index (χ0n) is 16.9. The van der Waals surface area contributed by atoms with Crippen LogP contribution in [0.5, 0.6) is 11.5 Å². The predicted molar refractivity (Wildman–Crippen MR) is 116 cm³/mol. The van der Waals surface area contributed by atoms with Crippen LogP contribution in [-0.2, 0) is 17.8 Å². The van der Waals surface area contributed by atoms with Crippen molar-refractivity contribution in [3.05, 3.63) is 95.1 Å². The minimum Gasteiger partial charge on any atom is -0.454 e. The fourth-order valence-electron chi connectivity index (χ4n) is 3.85. The number of amides is 1. The minimum atomic E-state index is -0.376. The smallest absolute Gasteiger partial charge is 0.411 e. The Morgan fingerprint density at radius 1 is 1.00 bits per heavy atom. The molecule has 3 aromatic carbocycles. The van der Waals surface area contributed by atoms with Crippen LogP contribution in [0.3, 0.4) is 0 Å². The van der Waals surface area contributed by atoms with Crippen molar-refractivity contribution < 1.29 is 19.0 Å². The third-order valence-electron chi connectivity index (χ3n) is 5.45. The van der Waals surface area contributed by atoms with Crippen molar-refractivity contribution in [2.45, 2.75) is 19.1 Å². The normalized spacial score (nSPS) is 16.1. The maximum atomic E-state index is 13.0. The summed E-state index contributed by atoms with van der Waals surface area (Å²) in [5, 5.41) is 0. The topological polar surface area (TPSA) is 48.0 Å². The molecule has 0 spiro atoms. The number of hydrogen-bond acceptors (Lipinski definition) is 4. The molecule has 5 nitrogen and oxygen atoms in total. The van der Waals surface area contributed by atoms with Gasteiger partial charge in [0.05, 0.1) is 0 Å². The molecular weight excluding hydrogens is 390 g/mol. The van der Waals surface area contributed by atoms with E-state index in [-0.39, 0.29) is 25.5 Å². The van der Waals surface area contributed by atoms with Crippen molar-refractivity contribution in [1.82, 2.24) is 4.90 Å². The molecule has 5 rings (SSSR count). The average Bonchev–Trinajstić information content (AvgIpc) is 3.29. The molecule has 1 unspecified atom stereocenters. The quantitative estimate of drug-likeness (QED) is 0.574. The van der Waals surface area contributed by atoms with Gasteiger partial charge in [0.25, 0.3) is 0 Å². The van der Waals surface area contributed by atoms with E-state index in [0.717, 1.165) is 28.9 Å². The van der Waals surface area contributed by atoms with Crippen LogP contribution < -0.4 is 9.47 Å². The van der Waals surface area contributed by atoms with Gasteiger partial charge in [0.1, 0.15) is 12.6 Å². The summed E-state index contributed by atoms with van der Waals surface area (Å²) in [6.45, 7) is 1.02. The van der Waals surface area contributed by atoms with Gasteiger partial charge in [-0.15, -0.1) is 0 Å². The summed E-state index contributed by atoms with van der Waals surface area (Å²) in [6, 6.07) is 23.0. The van der Waals surface area contributed by atoms with Crippen LogP contribution in [0.4, 0.5) is 4.79 Å². The number of benzene rings is 3.